The van der Waals surface area contributed by atoms with Crippen LogP contribution in [0, 0.1) is 5.92 Å². The SMILES string of the molecule is O=CC(CC(=O)O)NC(=O)C1CCCN2C(=O)CCN(NC(=O)C3CCCCC3)C(=O)N12. The largest absolute Gasteiger partial charge is 0.481 e. The summed E-state index contributed by atoms with van der Waals surface area (Å²) in [7, 11) is 0. The highest BCUT2D eigenvalue weighted by molar-refractivity contribution is 5.93. The Hall–Kier alpha value is -3.18. The second kappa shape index (κ2) is 10.4. The lowest BCUT2D eigenvalue weighted by Gasteiger charge is -2.43. The van der Waals surface area contributed by atoms with Crippen LogP contribution in [0.1, 0.15) is 57.8 Å². The molecule has 0 bridgehead atoms. The third-order valence-corrected chi connectivity index (χ3v) is 6.08. The molecule has 0 aromatic rings. The van der Waals surface area contributed by atoms with Gasteiger partial charge >= 0.3 is 12.0 Å². The van der Waals surface area contributed by atoms with Gasteiger partial charge in [0.1, 0.15) is 12.3 Å². The van der Waals surface area contributed by atoms with Crippen LogP contribution < -0.4 is 10.7 Å². The van der Waals surface area contributed by atoms with Crippen molar-refractivity contribution in [3.8, 4) is 0 Å². The average Bonchev–Trinajstić information content (AvgIpc) is 2.90. The third-order valence-electron chi connectivity index (χ3n) is 6.08. The van der Waals surface area contributed by atoms with Crippen molar-refractivity contribution in [3.63, 3.8) is 0 Å². The number of nitrogens with zero attached hydrogens (tertiary/aromatic N) is 3. The number of rotatable bonds is 7. The maximum Gasteiger partial charge on any atom is 0.358 e. The van der Waals surface area contributed by atoms with Gasteiger partial charge in [0.25, 0.3) is 0 Å². The maximum absolute atomic E-state index is 13.3. The molecule has 3 fully saturated rings. The predicted molar refractivity (Wildman–Crippen MR) is 108 cm³/mol. The summed E-state index contributed by atoms with van der Waals surface area (Å²) < 4.78 is 0. The van der Waals surface area contributed by atoms with Crippen LogP contribution in [0.2, 0.25) is 0 Å². The van der Waals surface area contributed by atoms with Crippen molar-refractivity contribution in [2.45, 2.75) is 69.9 Å². The standard InChI is InChI=1S/C20H29N5O7/c26-12-14(11-17(28)29)21-19(31)15-7-4-9-24-16(27)8-10-23(20(32)25(15)24)22-18(30)13-5-2-1-3-6-13/h12-15H,1-11H2,(H,21,31)(H,22,30)(H,28,29). The van der Waals surface area contributed by atoms with Crippen LogP contribution >= 0.6 is 0 Å². The van der Waals surface area contributed by atoms with Gasteiger partial charge in [0, 0.05) is 18.9 Å². The fourth-order valence-electron chi connectivity index (χ4n) is 4.41. The zero-order valence-electron chi connectivity index (χ0n) is 17.8. The number of carboxylic acid groups (broad SMARTS) is 1. The molecule has 3 rings (SSSR count). The molecule has 0 spiro atoms. The number of amides is 5. The molecule has 2 saturated heterocycles. The van der Waals surface area contributed by atoms with Crippen molar-refractivity contribution >= 4 is 36.0 Å². The summed E-state index contributed by atoms with van der Waals surface area (Å²) in [4.78, 5) is 73.5. The number of hydrogen-bond acceptors (Lipinski definition) is 6. The summed E-state index contributed by atoms with van der Waals surface area (Å²) in [5, 5.41) is 14.5. The molecule has 2 unspecified atom stereocenters. The van der Waals surface area contributed by atoms with E-state index in [2.05, 4.69) is 10.7 Å². The molecule has 5 amide bonds. The molecule has 12 nitrogen and oxygen atoms in total. The van der Waals surface area contributed by atoms with E-state index in [1.165, 1.54) is 5.01 Å². The summed E-state index contributed by atoms with van der Waals surface area (Å²) in [5.41, 5.74) is 2.63. The van der Waals surface area contributed by atoms with Gasteiger partial charge in [-0.05, 0) is 25.7 Å². The average molecular weight is 451 g/mol. The van der Waals surface area contributed by atoms with Gasteiger partial charge < -0.3 is 15.2 Å². The second-order valence-electron chi connectivity index (χ2n) is 8.36. The molecule has 1 aliphatic carbocycles. The zero-order valence-corrected chi connectivity index (χ0v) is 17.8. The van der Waals surface area contributed by atoms with E-state index in [1.54, 1.807) is 0 Å². The van der Waals surface area contributed by atoms with Crippen molar-refractivity contribution in [1.82, 2.24) is 25.8 Å². The van der Waals surface area contributed by atoms with E-state index in [4.69, 9.17) is 5.11 Å². The van der Waals surface area contributed by atoms with Gasteiger partial charge in [-0.25, -0.2) is 19.8 Å². The van der Waals surface area contributed by atoms with Gasteiger partial charge in [-0.2, -0.15) is 0 Å². The first-order valence-corrected chi connectivity index (χ1v) is 11.0. The monoisotopic (exact) mass is 451 g/mol. The molecule has 0 aromatic carbocycles. The van der Waals surface area contributed by atoms with Crippen molar-refractivity contribution in [3.05, 3.63) is 0 Å². The van der Waals surface area contributed by atoms with Crippen LogP contribution in [-0.4, -0.2) is 81.3 Å². The number of fused-ring (bicyclic) bond motifs is 1. The molecule has 32 heavy (non-hydrogen) atoms. The van der Waals surface area contributed by atoms with Crippen LogP contribution in [0.15, 0.2) is 0 Å². The van der Waals surface area contributed by atoms with Gasteiger partial charge in [-0.3, -0.25) is 24.6 Å². The van der Waals surface area contributed by atoms with E-state index in [0.717, 1.165) is 42.1 Å². The summed E-state index contributed by atoms with van der Waals surface area (Å²) in [6.07, 6.45) is 4.83. The molecular formula is C20H29N5O7. The van der Waals surface area contributed by atoms with Gasteiger partial charge in [0.15, 0.2) is 0 Å². The smallest absolute Gasteiger partial charge is 0.358 e. The normalized spacial score (nSPS) is 23.1. The Morgan fingerprint density at radius 2 is 1.75 bits per heavy atom. The van der Waals surface area contributed by atoms with E-state index in [9.17, 15) is 28.8 Å². The molecule has 3 aliphatic rings. The Bertz CT molecular complexity index is 782. The van der Waals surface area contributed by atoms with Crippen molar-refractivity contribution in [2.24, 2.45) is 5.92 Å². The van der Waals surface area contributed by atoms with E-state index >= 15 is 0 Å². The minimum absolute atomic E-state index is 0.0164. The number of urea groups is 1. The number of carbonyl (C=O) groups excluding carboxylic acids is 5. The van der Waals surface area contributed by atoms with Crippen LogP contribution in [0.4, 0.5) is 4.79 Å². The zero-order chi connectivity index (χ0) is 23.3. The van der Waals surface area contributed by atoms with Gasteiger partial charge in [0.05, 0.1) is 19.0 Å². The molecule has 12 heteroatoms. The lowest BCUT2D eigenvalue weighted by Crippen LogP contribution is -2.65. The Balaban J connectivity index is 1.76. The molecular weight excluding hydrogens is 422 g/mol. The minimum atomic E-state index is -1.26. The molecule has 0 radical (unpaired) electrons. The molecule has 3 N–H and O–H groups in total. The third kappa shape index (κ3) is 5.35. The Kier molecular flexibility index (Phi) is 7.65. The van der Waals surface area contributed by atoms with E-state index in [-0.39, 0.29) is 43.7 Å². The summed E-state index contributed by atoms with van der Waals surface area (Å²) in [6.45, 7) is 0.221. The summed E-state index contributed by atoms with van der Waals surface area (Å²) in [5.74, 6) is -2.82. The second-order valence-corrected chi connectivity index (χ2v) is 8.36. The van der Waals surface area contributed by atoms with Crippen molar-refractivity contribution in [1.29, 1.82) is 0 Å². The molecule has 0 aromatic heterocycles. The van der Waals surface area contributed by atoms with Crippen molar-refractivity contribution < 1.29 is 33.9 Å². The Labute approximate surface area is 185 Å². The van der Waals surface area contributed by atoms with E-state index in [0.29, 0.717) is 12.7 Å². The fourth-order valence-corrected chi connectivity index (χ4v) is 4.41. The highest BCUT2D eigenvalue weighted by Gasteiger charge is 2.44. The molecule has 2 aliphatic heterocycles. The quantitative estimate of drug-likeness (QED) is 0.452. The number of hydrazine groups is 2. The molecule has 1 saturated carbocycles. The summed E-state index contributed by atoms with van der Waals surface area (Å²) in [6, 6.07) is -3.07. The van der Waals surface area contributed by atoms with Gasteiger partial charge in [-0.15, -0.1) is 0 Å². The maximum atomic E-state index is 13.3. The minimum Gasteiger partial charge on any atom is -0.481 e. The Morgan fingerprint density at radius 1 is 1.03 bits per heavy atom. The summed E-state index contributed by atoms with van der Waals surface area (Å²) >= 11 is 0. The van der Waals surface area contributed by atoms with E-state index < -0.39 is 36.4 Å². The number of carbonyl (C=O) groups is 6. The lowest BCUT2D eigenvalue weighted by molar-refractivity contribution is -0.155. The van der Waals surface area contributed by atoms with Crippen LogP contribution in [0.25, 0.3) is 0 Å². The highest BCUT2D eigenvalue weighted by atomic mass is 16.4. The topological polar surface area (TPSA) is 156 Å². The number of nitrogens with one attached hydrogen (secondary N) is 2. The molecule has 2 heterocycles. The highest BCUT2D eigenvalue weighted by Crippen LogP contribution is 2.26. The van der Waals surface area contributed by atoms with Crippen LogP contribution in [0.3, 0.4) is 0 Å². The number of aldehydes is 1. The van der Waals surface area contributed by atoms with Gasteiger partial charge in [0.2, 0.25) is 17.7 Å². The van der Waals surface area contributed by atoms with Crippen molar-refractivity contribution in [2.75, 3.05) is 13.1 Å². The van der Waals surface area contributed by atoms with Gasteiger partial charge in [-0.1, -0.05) is 19.3 Å². The Morgan fingerprint density at radius 3 is 2.41 bits per heavy atom. The molecule has 2 atom stereocenters. The number of aliphatic carboxylic acids is 1. The van der Waals surface area contributed by atoms with Crippen LogP contribution in [0.5, 0.6) is 0 Å². The first-order chi connectivity index (χ1) is 15.3. The first-order valence-electron chi connectivity index (χ1n) is 11.0. The van der Waals surface area contributed by atoms with Crippen LogP contribution in [-0.2, 0) is 24.0 Å². The van der Waals surface area contributed by atoms with E-state index in [1.807, 2.05) is 0 Å². The first kappa shape index (κ1) is 23.5. The number of carboxylic acids is 1. The lowest BCUT2D eigenvalue weighted by atomic mass is 9.89. The fraction of sp³-hybridized carbons (Fsp3) is 0.700. The predicted octanol–water partition coefficient (Wildman–Crippen LogP) is -0.210. The molecule has 176 valence electrons. The number of hydrogen-bond donors (Lipinski definition) is 3.